The fraction of sp³-hybridized carbons (Fsp3) is 0.588. The first-order chi connectivity index (χ1) is 9.76. The molecule has 0 radical (unpaired) electrons. The molecule has 1 N–H and O–H groups in total. The molecule has 0 aliphatic heterocycles. The van der Waals surface area contributed by atoms with E-state index in [9.17, 15) is 0 Å². The normalized spacial score (nSPS) is 12.9. The summed E-state index contributed by atoms with van der Waals surface area (Å²) in [5.74, 6) is 1.11. The lowest BCUT2D eigenvalue weighted by molar-refractivity contribution is 0.440. The zero-order chi connectivity index (χ0) is 14.4. The molecule has 0 saturated carbocycles. The fourth-order valence-corrected chi connectivity index (χ4v) is 2.76. The van der Waals surface area contributed by atoms with Crippen molar-refractivity contribution in [2.75, 3.05) is 6.54 Å². The average molecular weight is 273 g/mol. The number of nitrogens with zero attached hydrogens (tertiary/aromatic N) is 2. The maximum absolute atomic E-state index is 4.62. The zero-order valence-corrected chi connectivity index (χ0v) is 13.0. The highest BCUT2D eigenvalue weighted by molar-refractivity contribution is 5.75. The Morgan fingerprint density at radius 1 is 1.25 bits per heavy atom. The Bertz CT molecular complexity index is 530. The number of hydrogen-bond donors (Lipinski definition) is 1. The number of benzene rings is 1. The van der Waals surface area contributed by atoms with Gasteiger partial charge >= 0.3 is 0 Å². The molecule has 110 valence electrons. The molecule has 1 aromatic carbocycles. The number of rotatable bonds is 8. The molecule has 0 aliphatic rings. The van der Waals surface area contributed by atoms with Gasteiger partial charge in [-0.3, -0.25) is 0 Å². The van der Waals surface area contributed by atoms with Gasteiger partial charge in [0, 0.05) is 19.1 Å². The summed E-state index contributed by atoms with van der Waals surface area (Å²) >= 11 is 0. The smallest absolute Gasteiger partial charge is 0.106 e. The second-order valence-electron chi connectivity index (χ2n) is 5.50. The summed E-state index contributed by atoms with van der Waals surface area (Å²) in [4.78, 5) is 4.62. The van der Waals surface area contributed by atoms with Gasteiger partial charge in [-0.2, -0.15) is 0 Å². The molecule has 0 saturated heterocycles. The number of hydrogen-bond acceptors (Lipinski definition) is 2. The summed E-state index contributed by atoms with van der Waals surface area (Å²) in [5.41, 5.74) is 2.34. The summed E-state index contributed by atoms with van der Waals surface area (Å²) in [7, 11) is 0. The Morgan fingerprint density at radius 2 is 2.05 bits per heavy atom. The van der Waals surface area contributed by atoms with Crippen molar-refractivity contribution in [2.45, 2.75) is 59.0 Å². The van der Waals surface area contributed by atoms with Crippen LogP contribution in [0, 0.1) is 6.92 Å². The summed E-state index contributed by atoms with van der Waals surface area (Å²) < 4.78 is 2.31. The van der Waals surface area contributed by atoms with Gasteiger partial charge in [0.05, 0.1) is 11.0 Å². The largest absolute Gasteiger partial charge is 0.327 e. The highest BCUT2D eigenvalue weighted by Crippen LogP contribution is 2.15. The van der Waals surface area contributed by atoms with Crippen LogP contribution in [0.1, 0.15) is 45.4 Å². The van der Waals surface area contributed by atoms with Gasteiger partial charge in [-0.05, 0) is 31.9 Å². The molecule has 0 amide bonds. The average Bonchev–Trinajstić information content (AvgIpc) is 2.78. The van der Waals surface area contributed by atoms with Crippen molar-refractivity contribution >= 4 is 11.0 Å². The van der Waals surface area contributed by atoms with Crippen molar-refractivity contribution < 1.29 is 0 Å². The van der Waals surface area contributed by atoms with Crippen LogP contribution in [0.15, 0.2) is 24.3 Å². The van der Waals surface area contributed by atoms with Gasteiger partial charge in [-0.25, -0.2) is 4.98 Å². The van der Waals surface area contributed by atoms with Crippen LogP contribution in [0.3, 0.4) is 0 Å². The summed E-state index contributed by atoms with van der Waals surface area (Å²) in [6.07, 6.45) is 5.10. The Balaban J connectivity index is 1.94. The summed E-state index contributed by atoms with van der Waals surface area (Å²) in [6, 6.07) is 9.04. The van der Waals surface area contributed by atoms with Gasteiger partial charge in [0.15, 0.2) is 0 Å². The number of imidazole rings is 1. The minimum Gasteiger partial charge on any atom is -0.327 e. The maximum Gasteiger partial charge on any atom is 0.106 e. The van der Waals surface area contributed by atoms with E-state index in [-0.39, 0.29) is 0 Å². The number of para-hydroxylation sites is 2. The van der Waals surface area contributed by atoms with Gasteiger partial charge < -0.3 is 9.88 Å². The predicted octanol–water partition coefficient (Wildman–Crippen LogP) is 3.90. The molecule has 20 heavy (non-hydrogen) atoms. The molecule has 2 aromatic rings. The van der Waals surface area contributed by atoms with E-state index in [1.165, 1.54) is 31.2 Å². The molecule has 1 atom stereocenters. The van der Waals surface area contributed by atoms with Gasteiger partial charge in [0.2, 0.25) is 0 Å². The molecule has 1 aromatic heterocycles. The quantitative estimate of drug-likeness (QED) is 0.790. The maximum atomic E-state index is 4.62. The second kappa shape index (κ2) is 7.44. The lowest BCUT2D eigenvalue weighted by atomic mass is 10.1. The Hall–Kier alpha value is -1.35. The van der Waals surface area contributed by atoms with Crippen molar-refractivity contribution in [1.29, 1.82) is 0 Å². The first-order valence-corrected chi connectivity index (χ1v) is 7.91. The Labute approximate surface area is 122 Å². The van der Waals surface area contributed by atoms with Gasteiger partial charge in [0.25, 0.3) is 0 Å². The fourth-order valence-electron chi connectivity index (χ4n) is 2.76. The van der Waals surface area contributed by atoms with Crippen LogP contribution in [0.2, 0.25) is 0 Å². The molecule has 2 rings (SSSR count). The van der Waals surface area contributed by atoms with Crippen LogP contribution in [-0.2, 0) is 6.54 Å². The van der Waals surface area contributed by atoms with Gasteiger partial charge in [-0.1, -0.05) is 38.8 Å². The van der Waals surface area contributed by atoms with Gasteiger partial charge in [-0.15, -0.1) is 0 Å². The molecule has 0 spiro atoms. The van der Waals surface area contributed by atoms with E-state index < -0.39 is 0 Å². The van der Waals surface area contributed by atoms with E-state index in [0.29, 0.717) is 6.04 Å². The molecule has 0 fully saturated rings. The lowest BCUT2D eigenvalue weighted by Gasteiger charge is -2.17. The molecule has 3 nitrogen and oxygen atoms in total. The minimum absolute atomic E-state index is 0.657. The molecule has 1 heterocycles. The molecule has 0 bridgehead atoms. The molecule has 0 aliphatic carbocycles. The third-order valence-electron chi connectivity index (χ3n) is 4.01. The number of aryl methyl sites for hydroxylation is 1. The highest BCUT2D eigenvalue weighted by atomic mass is 15.1. The SMILES string of the molecule is CCCCC(CC)NCCn1c(C)nc2ccccc21. The first-order valence-electron chi connectivity index (χ1n) is 7.91. The number of aromatic nitrogens is 2. The number of unbranched alkanes of at least 4 members (excludes halogenated alkanes) is 1. The Morgan fingerprint density at radius 3 is 2.80 bits per heavy atom. The van der Waals surface area contributed by atoms with Crippen LogP contribution in [0.25, 0.3) is 11.0 Å². The molecule has 1 unspecified atom stereocenters. The van der Waals surface area contributed by atoms with Crippen molar-refractivity contribution in [1.82, 2.24) is 14.9 Å². The third-order valence-corrected chi connectivity index (χ3v) is 4.01. The second-order valence-corrected chi connectivity index (χ2v) is 5.50. The van der Waals surface area contributed by atoms with E-state index in [4.69, 9.17) is 0 Å². The summed E-state index contributed by atoms with van der Waals surface area (Å²) in [5, 5.41) is 3.69. The van der Waals surface area contributed by atoms with E-state index in [2.05, 4.69) is 59.9 Å². The minimum atomic E-state index is 0.657. The lowest BCUT2D eigenvalue weighted by Crippen LogP contribution is -2.31. The van der Waals surface area contributed by atoms with Crippen LogP contribution in [-0.4, -0.2) is 22.1 Å². The zero-order valence-electron chi connectivity index (χ0n) is 13.0. The molecule has 3 heteroatoms. The molecular weight excluding hydrogens is 246 g/mol. The number of nitrogens with one attached hydrogen (secondary N) is 1. The van der Waals surface area contributed by atoms with Gasteiger partial charge in [0.1, 0.15) is 5.82 Å². The Kier molecular flexibility index (Phi) is 5.60. The van der Waals surface area contributed by atoms with E-state index in [0.717, 1.165) is 24.4 Å². The third kappa shape index (κ3) is 3.60. The van der Waals surface area contributed by atoms with Crippen LogP contribution in [0.4, 0.5) is 0 Å². The van der Waals surface area contributed by atoms with Crippen molar-refractivity contribution in [2.24, 2.45) is 0 Å². The summed E-state index contributed by atoms with van der Waals surface area (Å²) in [6.45, 7) is 8.63. The van der Waals surface area contributed by atoms with E-state index in [1.807, 2.05) is 0 Å². The standard InChI is InChI=1S/C17H27N3/c1-4-6-9-15(5-2)18-12-13-20-14(3)19-16-10-7-8-11-17(16)20/h7-8,10-11,15,18H,4-6,9,12-13H2,1-3H3. The predicted molar refractivity (Wildman–Crippen MR) is 86.1 cm³/mol. The monoisotopic (exact) mass is 273 g/mol. The first kappa shape index (κ1) is 15.0. The molecular formula is C17H27N3. The highest BCUT2D eigenvalue weighted by Gasteiger charge is 2.08. The van der Waals surface area contributed by atoms with Crippen molar-refractivity contribution in [3.63, 3.8) is 0 Å². The van der Waals surface area contributed by atoms with Crippen LogP contribution < -0.4 is 5.32 Å². The number of fused-ring (bicyclic) bond motifs is 1. The van der Waals surface area contributed by atoms with E-state index in [1.54, 1.807) is 0 Å². The van der Waals surface area contributed by atoms with Crippen LogP contribution in [0.5, 0.6) is 0 Å². The van der Waals surface area contributed by atoms with Crippen LogP contribution >= 0.6 is 0 Å². The topological polar surface area (TPSA) is 29.9 Å². The van der Waals surface area contributed by atoms with Crippen molar-refractivity contribution in [3.8, 4) is 0 Å². The van der Waals surface area contributed by atoms with E-state index >= 15 is 0 Å². The van der Waals surface area contributed by atoms with Crippen molar-refractivity contribution in [3.05, 3.63) is 30.1 Å².